The molecule has 0 spiro atoms. The molecular weight excluding hydrogens is 262 g/mol. The first kappa shape index (κ1) is 13.6. The van der Waals surface area contributed by atoms with E-state index in [-0.39, 0.29) is 0 Å². The maximum Gasteiger partial charge on any atom is 0.239 e. The fourth-order valence-electron chi connectivity index (χ4n) is 1.59. The van der Waals surface area contributed by atoms with E-state index in [9.17, 15) is 5.11 Å². The van der Waals surface area contributed by atoms with Gasteiger partial charge >= 0.3 is 0 Å². The Kier molecular flexibility index (Phi) is 4.59. The van der Waals surface area contributed by atoms with Crippen molar-refractivity contribution in [2.24, 2.45) is 0 Å². The van der Waals surface area contributed by atoms with Crippen LogP contribution in [0.25, 0.3) is 0 Å². The van der Waals surface area contributed by atoms with E-state index in [0.29, 0.717) is 30.5 Å². The van der Waals surface area contributed by atoms with Crippen molar-refractivity contribution in [2.45, 2.75) is 13.0 Å². The number of nitrogens with one attached hydrogen (secondary N) is 1. The summed E-state index contributed by atoms with van der Waals surface area (Å²) in [4.78, 5) is 4.25. The lowest BCUT2D eigenvalue weighted by molar-refractivity contribution is 0.192. The molecule has 0 aliphatic heterocycles. The fraction of sp³-hybridized carbons (Fsp3) is 0.308. The summed E-state index contributed by atoms with van der Waals surface area (Å²) >= 11 is 1.56. The van der Waals surface area contributed by atoms with Crippen LogP contribution >= 0.6 is 11.3 Å². The van der Waals surface area contributed by atoms with E-state index < -0.39 is 6.10 Å². The van der Waals surface area contributed by atoms with Gasteiger partial charge in [0.15, 0.2) is 0 Å². The summed E-state index contributed by atoms with van der Waals surface area (Å²) in [5, 5.41) is 16.9. The van der Waals surface area contributed by atoms with Crippen molar-refractivity contribution in [3.63, 3.8) is 0 Å². The maximum absolute atomic E-state index is 9.96. The number of hydrogen-bond acceptors (Lipinski definition) is 6. The van der Waals surface area contributed by atoms with Gasteiger partial charge in [-0.15, -0.1) is 0 Å². The fourth-order valence-corrected chi connectivity index (χ4v) is 2.29. The van der Waals surface area contributed by atoms with Crippen LogP contribution in [-0.2, 0) is 0 Å². The first-order chi connectivity index (χ1) is 9.20. The van der Waals surface area contributed by atoms with Gasteiger partial charge in [0, 0.05) is 6.54 Å². The average molecular weight is 279 g/mol. The first-order valence-electron chi connectivity index (χ1n) is 6.04. The van der Waals surface area contributed by atoms with E-state index in [2.05, 4.69) is 10.3 Å². The number of nitrogens with zero attached hydrogens (tertiary/aromatic N) is 1. The second-order valence-corrected chi connectivity index (χ2v) is 4.76. The molecule has 0 bridgehead atoms. The predicted octanol–water partition coefficient (Wildman–Crippen LogP) is 2.27. The molecule has 102 valence electrons. The van der Waals surface area contributed by atoms with Crippen LogP contribution in [0.15, 0.2) is 29.0 Å². The Morgan fingerprint density at radius 1 is 1.47 bits per heavy atom. The molecule has 0 aliphatic rings. The van der Waals surface area contributed by atoms with E-state index in [1.54, 1.807) is 23.5 Å². The largest absolute Gasteiger partial charge is 0.476 e. The summed E-state index contributed by atoms with van der Waals surface area (Å²) in [5.41, 5.74) is 7.15. The third-order valence-electron chi connectivity index (χ3n) is 2.58. The van der Waals surface area contributed by atoms with E-state index in [1.807, 2.05) is 23.8 Å². The number of aliphatic hydroxyl groups excluding tert-OH is 1. The number of aromatic nitrogens is 1. The number of ether oxygens (including phenoxy) is 1. The number of aliphatic hydroxyl groups is 1. The summed E-state index contributed by atoms with van der Waals surface area (Å²) in [6.07, 6.45) is -0.554. The van der Waals surface area contributed by atoms with Gasteiger partial charge in [0.25, 0.3) is 0 Å². The molecule has 2 aromatic heterocycles. The molecule has 4 N–H and O–H groups in total. The van der Waals surface area contributed by atoms with Gasteiger partial charge in [-0.1, -0.05) is 0 Å². The van der Waals surface area contributed by atoms with Crippen LogP contribution in [0.2, 0.25) is 0 Å². The van der Waals surface area contributed by atoms with Crippen LogP contribution in [0.5, 0.6) is 5.88 Å². The van der Waals surface area contributed by atoms with Crippen molar-refractivity contribution in [3.8, 4) is 5.88 Å². The van der Waals surface area contributed by atoms with Gasteiger partial charge in [0.05, 0.1) is 18.4 Å². The highest BCUT2D eigenvalue weighted by Crippen LogP contribution is 2.22. The molecule has 0 saturated heterocycles. The third-order valence-corrected chi connectivity index (χ3v) is 3.28. The normalized spacial score (nSPS) is 12.1. The zero-order valence-corrected chi connectivity index (χ0v) is 11.5. The van der Waals surface area contributed by atoms with Crippen molar-refractivity contribution < 1.29 is 9.84 Å². The van der Waals surface area contributed by atoms with Gasteiger partial charge in [0.1, 0.15) is 5.82 Å². The zero-order valence-electron chi connectivity index (χ0n) is 10.7. The number of anilines is 2. The van der Waals surface area contributed by atoms with Crippen molar-refractivity contribution in [2.75, 3.05) is 24.2 Å². The molecule has 0 amide bonds. The van der Waals surface area contributed by atoms with Gasteiger partial charge in [-0.25, -0.2) is 0 Å². The second-order valence-electron chi connectivity index (χ2n) is 3.98. The minimum atomic E-state index is -0.554. The molecule has 2 aromatic rings. The second kappa shape index (κ2) is 6.40. The van der Waals surface area contributed by atoms with E-state index >= 15 is 0 Å². The molecule has 0 fully saturated rings. The average Bonchev–Trinajstić information content (AvgIpc) is 2.93. The molecular formula is C13H17N3O2S. The molecule has 2 rings (SSSR count). The van der Waals surface area contributed by atoms with Gasteiger partial charge < -0.3 is 20.9 Å². The van der Waals surface area contributed by atoms with Crippen LogP contribution in [0, 0.1) is 0 Å². The van der Waals surface area contributed by atoms with E-state index in [4.69, 9.17) is 10.5 Å². The standard InChI is InChI=1S/C13H17N3O2S/c1-2-18-13-10(14)3-4-12(16-13)15-7-11(17)9-5-6-19-8-9/h3-6,8,11,17H,2,7,14H2,1H3,(H,15,16). The lowest BCUT2D eigenvalue weighted by Gasteiger charge is -2.12. The zero-order chi connectivity index (χ0) is 13.7. The molecule has 0 aromatic carbocycles. The Morgan fingerprint density at radius 2 is 2.32 bits per heavy atom. The Labute approximate surface area is 116 Å². The highest BCUT2D eigenvalue weighted by atomic mass is 32.1. The summed E-state index contributed by atoms with van der Waals surface area (Å²) in [6, 6.07) is 5.40. The summed E-state index contributed by atoms with van der Waals surface area (Å²) in [6.45, 7) is 2.78. The number of nitrogen functional groups attached to an aromatic ring is 1. The lowest BCUT2D eigenvalue weighted by atomic mass is 10.2. The maximum atomic E-state index is 9.96. The van der Waals surface area contributed by atoms with Crippen LogP contribution < -0.4 is 15.8 Å². The summed E-state index contributed by atoms with van der Waals surface area (Å²) in [5.74, 6) is 1.05. The topological polar surface area (TPSA) is 80.4 Å². The molecule has 1 atom stereocenters. The summed E-state index contributed by atoms with van der Waals surface area (Å²) in [7, 11) is 0. The highest BCUT2D eigenvalue weighted by Gasteiger charge is 2.09. The quantitative estimate of drug-likeness (QED) is 0.756. The molecule has 0 radical (unpaired) electrons. The molecule has 5 nitrogen and oxygen atoms in total. The first-order valence-corrected chi connectivity index (χ1v) is 6.98. The Balaban J connectivity index is 1.97. The lowest BCUT2D eigenvalue weighted by Crippen LogP contribution is -2.13. The summed E-state index contributed by atoms with van der Waals surface area (Å²) < 4.78 is 5.32. The highest BCUT2D eigenvalue weighted by molar-refractivity contribution is 7.07. The van der Waals surface area contributed by atoms with Crippen molar-refractivity contribution in [3.05, 3.63) is 34.5 Å². The van der Waals surface area contributed by atoms with Crippen LogP contribution in [0.4, 0.5) is 11.5 Å². The Hall–Kier alpha value is -1.79. The molecule has 6 heteroatoms. The smallest absolute Gasteiger partial charge is 0.239 e. The predicted molar refractivity (Wildman–Crippen MR) is 77.6 cm³/mol. The van der Waals surface area contributed by atoms with Crippen LogP contribution in [-0.4, -0.2) is 23.2 Å². The molecule has 0 saturated carbocycles. The van der Waals surface area contributed by atoms with Gasteiger partial charge in [-0.2, -0.15) is 16.3 Å². The number of thiophene rings is 1. The minimum absolute atomic E-state index is 0.388. The number of nitrogens with two attached hydrogens (primary N) is 1. The van der Waals surface area contributed by atoms with Crippen molar-refractivity contribution in [1.29, 1.82) is 0 Å². The van der Waals surface area contributed by atoms with Gasteiger partial charge in [0.2, 0.25) is 5.88 Å². The van der Waals surface area contributed by atoms with E-state index in [0.717, 1.165) is 5.56 Å². The molecule has 1 unspecified atom stereocenters. The molecule has 19 heavy (non-hydrogen) atoms. The van der Waals surface area contributed by atoms with Crippen LogP contribution in [0.1, 0.15) is 18.6 Å². The van der Waals surface area contributed by atoms with Gasteiger partial charge in [-0.3, -0.25) is 0 Å². The Morgan fingerprint density at radius 3 is 3.00 bits per heavy atom. The van der Waals surface area contributed by atoms with Gasteiger partial charge in [-0.05, 0) is 41.4 Å². The Bertz CT molecular complexity index is 517. The van der Waals surface area contributed by atoms with Crippen molar-refractivity contribution in [1.82, 2.24) is 4.98 Å². The monoisotopic (exact) mass is 279 g/mol. The third kappa shape index (κ3) is 3.59. The number of pyridine rings is 1. The number of rotatable bonds is 6. The minimum Gasteiger partial charge on any atom is -0.476 e. The molecule has 0 aliphatic carbocycles. The van der Waals surface area contributed by atoms with E-state index in [1.165, 1.54) is 0 Å². The molecule has 2 heterocycles. The SMILES string of the molecule is CCOc1nc(NCC(O)c2ccsc2)ccc1N. The van der Waals surface area contributed by atoms with Crippen LogP contribution in [0.3, 0.4) is 0 Å². The van der Waals surface area contributed by atoms with Crippen molar-refractivity contribution >= 4 is 22.8 Å². The number of hydrogen-bond donors (Lipinski definition) is 3.